The van der Waals surface area contributed by atoms with Gasteiger partial charge >= 0.3 is 0 Å². The molecule has 3 aromatic rings. The van der Waals surface area contributed by atoms with E-state index in [2.05, 4.69) is 10.2 Å². The van der Waals surface area contributed by atoms with Crippen LogP contribution in [0.5, 0.6) is 11.5 Å². The molecule has 0 saturated carbocycles. The number of hydrogen-bond donors (Lipinski definition) is 2. The first-order valence-electron chi connectivity index (χ1n) is 10.0. The molecule has 0 saturated heterocycles. The summed E-state index contributed by atoms with van der Waals surface area (Å²) in [5, 5.41) is 17.7. The van der Waals surface area contributed by atoms with Gasteiger partial charge in [-0.2, -0.15) is 5.10 Å². The van der Waals surface area contributed by atoms with Crippen molar-refractivity contribution in [3.05, 3.63) is 65.4 Å². The van der Waals surface area contributed by atoms with Gasteiger partial charge in [-0.3, -0.25) is 9.89 Å². The number of nitrogens with one attached hydrogen (secondary N) is 1. The average Bonchev–Trinajstić information content (AvgIpc) is 3.28. The van der Waals surface area contributed by atoms with Crippen LogP contribution in [0.3, 0.4) is 0 Å². The third kappa shape index (κ3) is 3.52. The highest BCUT2D eigenvalue weighted by Crippen LogP contribution is 2.44. The number of ether oxygens (including phenoxy) is 2. The van der Waals surface area contributed by atoms with Crippen molar-refractivity contribution in [2.45, 2.75) is 19.4 Å². The average molecular weight is 407 g/mol. The summed E-state index contributed by atoms with van der Waals surface area (Å²) in [7, 11) is 1.65. The highest BCUT2D eigenvalue weighted by Gasteiger charge is 2.42. The maximum atomic E-state index is 13.2. The fraction of sp³-hybridized carbons (Fsp3) is 0.304. The first-order chi connectivity index (χ1) is 14.7. The Morgan fingerprint density at radius 1 is 1.20 bits per heavy atom. The second-order valence-electron chi connectivity index (χ2n) is 7.13. The number of methoxy groups -OCH3 is 1. The Kier molecular flexibility index (Phi) is 5.72. The molecule has 0 spiro atoms. The minimum absolute atomic E-state index is 0.109. The monoisotopic (exact) mass is 407 g/mol. The van der Waals surface area contributed by atoms with Crippen LogP contribution in [0.2, 0.25) is 0 Å². The van der Waals surface area contributed by atoms with Gasteiger partial charge in [0.15, 0.2) is 0 Å². The van der Waals surface area contributed by atoms with Crippen LogP contribution >= 0.6 is 0 Å². The number of carbonyl (C=O) groups is 1. The lowest BCUT2D eigenvalue weighted by Crippen LogP contribution is -2.31. The van der Waals surface area contributed by atoms with E-state index >= 15 is 0 Å². The molecule has 4 rings (SSSR count). The summed E-state index contributed by atoms with van der Waals surface area (Å²) < 4.78 is 10.9. The molecule has 30 heavy (non-hydrogen) atoms. The highest BCUT2D eigenvalue weighted by atomic mass is 16.5. The van der Waals surface area contributed by atoms with E-state index in [9.17, 15) is 9.90 Å². The van der Waals surface area contributed by atoms with E-state index in [1.54, 1.807) is 25.3 Å². The molecule has 1 aliphatic heterocycles. The minimum atomic E-state index is -0.335. The molecule has 7 heteroatoms. The molecule has 2 aromatic carbocycles. The standard InChI is InChI=1S/C23H25N3O4/c1-3-30-16-9-6-8-15(14-16)22-19-20(17-10-4-5-11-18(17)27)24-25-21(19)23(28)26(22)12-7-13-29-2/h4-6,8-11,14,22,27H,3,7,12-13H2,1-2H3,(H,24,25)/t22-/m0/s1. The minimum Gasteiger partial charge on any atom is -0.507 e. The fourth-order valence-electron chi connectivity index (χ4n) is 3.97. The second-order valence-corrected chi connectivity index (χ2v) is 7.13. The van der Waals surface area contributed by atoms with Gasteiger partial charge in [0.2, 0.25) is 0 Å². The number of amides is 1. The van der Waals surface area contributed by atoms with Crippen LogP contribution in [-0.4, -0.2) is 53.0 Å². The summed E-state index contributed by atoms with van der Waals surface area (Å²) in [4.78, 5) is 15.1. The van der Waals surface area contributed by atoms with Gasteiger partial charge in [0.05, 0.1) is 12.6 Å². The normalized spacial score (nSPS) is 15.5. The smallest absolute Gasteiger partial charge is 0.273 e. The molecule has 0 fully saturated rings. The van der Waals surface area contributed by atoms with Gasteiger partial charge in [0.1, 0.15) is 22.9 Å². The summed E-state index contributed by atoms with van der Waals surface area (Å²) in [6.45, 7) is 3.60. The third-order valence-electron chi connectivity index (χ3n) is 5.26. The topological polar surface area (TPSA) is 87.7 Å². The number of fused-ring (bicyclic) bond motifs is 1. The van der Waals surface area contributed by atoms with Crippen molar-refractivity contribution in [2.24, 2.45) is 0 Å². The summed E-state index contributed by atoms with van der Waals surface area (Å²) in [5.74, 6) is 0.765. The largest absolute Gasteiger partial charge is 0.507 e. The predicted molar refractivity (Wildman–Crippen MR) is 113 cm³/mol. The summed E-state index contributed by atoms with van der Waals surface area (Å²) in [5.41, 5.74) is 3.33. The van der Waals surface area contributed by atoms with E-state index in [-0.39, 0.29) is 17.7 Å². The number of aromatic nitrogens is 2. The van der Waals surface area contributed by atoms with E-state index < -0.39 is 0 Å². The lowest BCUT2D eigenvalue weighted by atomic mass is 9.95. The van der Waals surface area contributed by atoms with Crippen LogP contribution < -0.4 is 4.74 Å². The number of hydrogen-bond acceptors (Lipinski definition) is 5. The molecule has 0 aliphatic carbocycles. The molecule has 0 bridgehead atoms. The van der Waals surface area contributed by atoms with Crippen LogP contribution in [0.25, 0.3) is 11.3 Å². The van der Waals surface area contributed by atoms with Crippen LogP contribution in [0, 0.1) is 0 Å². The van der Waals surface area contributed by atoms with Crippen molar-refractivity contribution < 1.29 is 19.4 Å². The zero-order valence-electron chi connectivity index (χ0n) is 17.1. The van der Waals surface area contributed by atoms with Gasteiger partial charge in [-0.15, -0.1) is 0 Å². The van der Waals surface area contributed by atoms with Gasteiger partial charge < -0.3 is 19.5 Å². The summed E-state index contributed by atoms with van der Waals surface area (Å²) in [6, 6.07) is 14.5. The molecule has 7 nitrogen and oxygen atoms in total. The molecule has 0 radical (unpaired) electrons. The number of para-hydroxylation sites is 1. The number of carbonyl (C=O) groups excluding carboxylic acids is 1. The van der Waals surface area contributed by atoms with Crippen molar-refractivity contribution in [2.75, 3.05) is 26.9 Å². The molecule has 1 amide bonds. The molecular weight excluding hydrogens is 382 g/mol. The number of H-pyrrole nitrogens is 1. The maximum Gasteiger partial charge on any atom is 0.273 e. The van der Waals surface area contributed by atoms with E-state index in [0.29, 0.717) is 43.1 Å². The van der Waals surface area contributed by atoms with Crippen LogP contribution in [0.1, 0.15) is 41.0 Å². The Bertz CT molecular complexity index is 1050. The summed E-state index contributed by atoms with van der Waals surface area (Å²) in [6.07, 6.45) is 0.716. The van der Waals surface area contributed by atoms with Crippen molar-refractivity contribution >= 4 is 5.91 Å². The Labute approximate surface area is 175 Å². The van der Waals surface area contributed by atoms with Crippen molar-refractivity contribution in [3.63, 3.8) is 0 Å². The number of aromatic hydroxyl groups is 1. The molecule has 2 heterocycles. The molecule has 1 atom stereocenters. The maximum absolute atomic E-state index is 13.2. The predicted octanol–water partition coefficient (Wildman–Crippen LogP) is 3.76. The molecule has 1 aliphatic rings. The van der Waals surface area contributed by atoms with E-state index in [1.165, 1.54) is 0 Å². The van der Waals surface area contributed by atoms with Gasteiger partial charge in [-0.05, 0) is 43.2 Å². The Hall–Kier alpha value is -3.32. The highest BCUT2D eigenvalue weighted by molar-refractivity contribution is 6.00. The van der Waals surface area contributed by atoms with Crippen LogP contribution in [-0.2, 0) is 4.74 Å². The van der Waals surface area contributed by atoms with Crippen molar-refractivity contribution in [3.8, 4) is 22.8 Å². The van der Waals surface area contributed by atoms with E-state index in [0.717, 1.165) is 16.9 Å². The fourth-order valence-corrected chi connectivity index (χ4v) is 3.97. The third-order valence-corrected chi connectivity index (χ3v) is 5.26. The Morgan fingerprint density at radius 2 is 2.03 bits per heavy atom. The Balaban J connectivity index is 1.83. The SMILES string of the molecule is CCOc1cccc([C@H]2c3c(-c4ccccc4O)n[nH]c3C(=O)N2CCCOC)c1. The number of phenols is 1. The van der Waals surface area contributed by atoms with Crippen molar-refractivity contribution in [1.82, 2.24) is 15.1 Å². The van der Waals surface area contributed by atoms with Gasteiger partial charge in [-0.1, -0.05) is 24.3 Å². The molecular formula is C23H25N3O4. The van der Waals surface area contributed by atoms with Crippen molar-refractivity contribution in [1.29, 1.82) is 0 Å². The van der Waals surface area contributed by atoms with Gasteiger partial charge in [0, 0.05) is 31.4 Å². The van der Waals surface area contributed by atoms with Gasteiger partial charge in [0.25, 0.3) is 5.91 Å². The summed E-state index contributed by atoms with van der Waals surface area (Å²) >= 11 is 0. The number of aromatic amines is 1. The first kappa shape index (κ1) is 20.0. The quantitative estimate of drug-likeness (QED) is 0.555. The molecule has 0 unspecified atom stereocenters. The number of rotatable bonds is 8. The van der Waals surface area contributed by atoms with Gasteiger partial charge in [-0.25, -0.2) is 0 Å². The number of phenolic OH excluding ortho intramolecular Hbond substituents is 1. The zero-order chi connectivity index (χ0) is 21.1. The number of nitrogens with zero attached hydrogens (tertiary/aromatic N) is 2. The first-order valence-corrected chi connectivity index (χ1v) is 10.0. The Morgan fingerprint density at radius 3 is 2.80 bits per heavy atom. The molecule has 2 N–H and O–H groups in total. The lowest BCUT2D eigenvalue weighted by Gasteiger charge is -2.26. The second kappa shape index (κ2) is 8.59. The molecule has 1 aromatic heterocycles. The molecule has 156 valence electrons. The zero-order valence-corrected chi connectivity index (χ0v) is 17.1. The number of benzene rings is 2. The van der Waals surface area contributed by atoms with Crippen LogP contribution in [0.15, 0.2) is 48.5 Å². The van der Waals surface area contributed by atoms with E-state index in [1.807, 2.05) is 42.2 Å². The lowest BCUT2D eigenvalue weighted by molar-refractivity contribution is 0.0723. The van der Waals surface area contributed by atoms with E-state index in [4.69, 9.17) is 9.47 Å². The van der Waals surface area contributed by atoms with Crippen LogP contribution in [0.4, 0.5) is 0 Å².